The Kier molecular flexibility index (Phi) is 8.66. The summed E-state index contributed by atoms with van der Waals surface area (Å²) in [7, 11) is 0. The topological polar surface area (TPSA) is 85.7 Å². The summed E-state index contributed by atoms with van der Waals surface area (Å²) in [5.41, 5.74) is 3.72. The molecule has 0 aliphatic rings. The quantitative estimate of drug-likeness (QED) is 0.480. The molecule has 1 aromatic heterocycles. The molecule has 1 unspecified atom stereocenters. The zero-order valence-electron chi connectivity index (χ0n) is 18.7. The number of nitrogens with one attached hydrogen (secondary N) is 1. The monoisotopic (exact) mass is 413 g/mol. The number of aliphatic hydroxyl groups excluding tert-OH is 1. The maximum atomic E-state index is 11.2. The van der Waals surface area contributed by atoms with E-state index in [9.17, 15) is 15.0 Å². The van der Waals surface area contributed by atoms with Crippen LogP contribution in [-0.2, 0) is 11.4 Å². The molecule has 2 aromatic rings. The molecule has 0 radical (unpaired) electrons. The van der Waals surface area contributed by atoms with Crippen molar-refractivity contribution >= 4 is 23.2 Å². The number of rotatable bonds is 11. The van der Waals surface area contributed by atoms with E-state index in [1.165, 1.54) is 0 Å². The number of aliphatic carboxylic acids is 1. The van der Waals surface area contributed by atoms with E-state index >= 15 is 0 Å². The van der Waals surface area contributed by atoms with E-state index in [2.05, 4.69) is 49.0 Å². The molecule has 0 fully saturated rings. The van der Waals surface area contributed by atoms with Gasteiger partial charge in [0.15, 0.2) is 0 Å². The van der Waals surface area contributed by atoms with Crippen LogP contribution in [0.1, 0.15) is 58.1 Å². The summed E-state index contributed by atoms with van der Waals surface area (Å²) in [4.78, 5) is 18.0. The second-order valence-corrected chi connectivity index (χ2v) is 8.80. The van der Waals surface area contributed by atoms with E-state index in [0.29, 0.717) is 17.7 Å². The Bertz CT molecular complexity index is 809. The number of nitrogens with zero attached hydrogens (tertiary/aromatic N) is 2. The van der Waals surface area contributed by atoms with E-state index in [0.717, 1.165) is 35.6 Å². The molecule has 0 aliphatic carbocycles. The lowest BCUT2D eigenvalue weighted by Gasteiger charge is -2.31. The van der Waals surface area contributed by atoms with Crippen molar-refractivity contribution in [3.63, 3.8) is 0 Å². The Balaban J connectivity index is 2.45. The molecule has 0 spiro atoms. The number of pyridine rings is 1. The zero-order valence-corrected chi connectivity index (χ0v) is 18.7. The van der Waals surface area contributed by atoms with Crippen molar-refractivity contribution < 1.29 is 15.0 Å². The molecule has 30 heavy (non-hydrogen) atoms. The lowest BCUT2D eigenvalue weighted by Crippen LogP contribution is -2.31. The Labute approximate surface area is 180 Å². The molecule has 0 amide bonds. The van der Waals surface area contributed by atoms with Gasteiger partial charge >= 0.3 is 5.97 Å². The van der Waals surface area contributed by atoms with Crippen molar-refractivity contribution in [2.45, 2.75) is 53.6 Å². The number of benzene rings is 1. The van der Waals surface area contributed by atoms with Crippen molar-refractivity contribution in [1.29, 1.82) is 0 Å². The standard InChI is InChI=1S/C24H35N3O3/c1-16(2)13-27(14-17(3)4)22-8-7-20(18(5)10-24(29)30)11-21(22)26-23-9-6-19(15-28)12-25-23/h6-9,11-12,16-18,28H,10,13-15H2,1-5H3,(H,25,26)(H,29,30). The number of carbonyl (C=O) groups is 1. The second-order valence-electron chi connectivity index (χ2n) is 8.80. The van der Waals surface area contributed by atoms with Gasteiger partial charge in [0.05, 0.1) is 24.4 Å². The maximum absolute atomic E-state index is 11.2. The van der Waals surface area contributed by atoms with Crippen molar-refractivity contribution in [3.05, 3.63) is 47.7 Å². The van der Waals surface area contributed by atoms with Gasteiger partial charge in [0, 0.05) is 19.3 Å². The smallest absolute Gasteiger partial charge is 0.303 e. The van der Waals surface area contributed by atoms with Crippen LogP contribution in [0, 0.1) is 11.8 Å². The highest BCUT2D eigenvalue weighted by Gasteiger charge is 2.18. The third-order valence-electron chi connectivity index (χ3n) is 4.85. The van der Waals surface area contributed by atoms with Crippen LogP contribution in [0.15, 0.2) is 36.5 Å². The third kappa shape index (κ3) is 7.02. The summed E-state index contributed by atoms with van der Waals surface area (Å²) in [6, 6.07) is 9.84. The van der Waals surface area contributed by atoms with Crippen molar-refractivity contribution in [2.24, 2.45) is 11.8 Å². The van der Waals surface area contributed by atoms with Crippen LogP contribution >= 0.6 is 0 Å². The lowest BCUT2D eigenvalue weighted by atomic mass is 9.96. The van der Waals surface area contributed by atoms with Gasteiger partial charge in [-0.25, -0.2) is 4.98 Å². The highest BCUT2D eigenvalue weighted by atomic mass is 16.4. The average Bonchev–Trinajstić information content (AvgIpc) is 2.66. The van der Waals surface area contributed by atoms with Crippen molar-refractivity contribution in [3.8, 4) is 0 Å². The molecular formula is C24H35N3O3. The van der Waals surface area contributed by atoms with Gasteiger partial charge in [-0.15, -0.1) is 0 Å². The van der Waals surface area contributed by atoms with Gasteiger partial charge in [0.1, 0.15) is 5.82 Å². The first kappa shape index (κ1) is 23.7. The van der Waals surface area contributed by atoms with E-state index in [1.807, 2.05) is 31.2 Å². The Hall–Kier alpha value is -2.60. The fourth-order valence-electron chi connectivity index (χ4n) is 3.50. The molecule has 0 saturated heterocycles. The molecule has 0 saturated carbocycles. The Morgan fingerprint density at radius 3 is 2.23 bits per heavy atom. The number of carboxylic acids is 1. The molecule has 1 heterocycles. The van der Waals surface area contributed by atoms with Crippen LogP contribution in [0.5, 0.6) is 0 Å². The average molecular weight is 414 g/mol. The molecule has 6 heteroatoms. The predicted molar refractivity (Wildman–Crippen MR) is 122 cm³/mol. The molecular weight excluding hydrogens is 378 g/mol. The minimum atomic E-state index is -0.802. The first-order valence-electron chi connectivity index (χ1n) is 10.6. The predicted octanol–water partition coefficient (Wildman–Crippen LogP) is 5.01. The van der Waals surface area contributed by atoms with Crippen molar-refractivity contribution in [1.82, 2.24) is 4.98 Å². The molecule has 6 nitrogen and oxygen atoms in total. The largest absolute Gasteiger partial charge is 0.481 e. The van der Waals surface area contributed by atoms with Gasteiger partial charge in [-0.1, -0.05) is 46.8 Å². The van der Waals surface area contributed by atoms with Gasteiger partial charge in [0.2, 0.25) is 0 Å². The fourth-order valence-corrected chi connectivity index (χ4v) is 3.50. The van der Waals surface area contributed by atoms with E-state index in [1.54, 1.807) is 6.20 Å². The number of carboxylic acid groups (broad SMARTS) is 1. The Morgan fingerprint density at radius 1 is 1.07 bits per heavy atom. The van der Waals surface area contributed by atoms with Crippen LogP contribution in [0.3, 0.4) is 0 Å². The van der Waals surface area contributed by atoms with Crippen LogP contribution in [-0.4, -0.2) is 34.3 Å². The highest BCUT2D eigenvalue weighted by molar-refractivity contribution is 5.76. The van der Waals surface area contributed by atoms with Gasteiger partial charge in [-0.3, -0.25) is 4.79 Å². The van der Waals surface area contributed by atoms with Crippen LogP contribution in [0.25, 0.3) is 0 Å². The van der Waals surface area contributed by atoms with Crippen molar-refractivity contribution in [2.75, 3.05) is 23.3 Å². The van der Waals surface area contributed by atoms with Crippen LogP contribution in [0.4, 0.5) is 17.2 Å². The second kappa shape index (κ2) is 11.0. The minimum Gasteiger partial charge on any atom is -0.481 e. The van der Waals surface area contributed by atoms with E-state index < -0.39 is 5.97 Å². The number of hydrogen-bond donors (Lipinski definition) is 3. The third-order valence-corrected chi connectivity index (χ3v) is 4.85. The highest BCUT2D eigenvalue weighted by Crippen LogP contribution is 2.34. The molecule has 1 aromatic carbocycles. The SMILES string of the molecule is CC(C)CN(CC(C)C)c1ccc(C(C)CC(=O)O)cc1Nc1ccc(CO)cn1. The summed E-state index contributed by atoms with van der Waals surface area (Å²) in [5, 5.41) is 21.9. The summed E-state index contributed by atoms with van der Waals surface area (Å²) in [6.45, 7) is 12.6. The fraction of sp³-hybridized carbons (Fsp3) is 0.500. The van der Waals surface area contributed by atoms with Gasteiger partial charge in [-0.05, 0) is 47.1 Å². The van der Waals surface area contributed by atoms with Gasteiger partial charge < -0.3 is 20.4 Å². The molecule has 0 bridgehead atoms. The minimum absolute atomic E-state index is 0.0444. The number of hydrogen-bond acceptors (Lipinski definition) is 5. The van der Waals surface area contributed by atoms with Gasteiger partial charge in [0.25, 0.3) is 0 Å². The summed E-state index contributed by atoms with van der Waals surface area (Å²) in [6.07, 6.45) is 1.74. The van der Waals surface area contributed by atoms with Gasteiger partial charge in [-0.2, -0.15) is 0 Å². The lowest BCUT2D eigenvalue weighted by molar-refractivity contribution is -0.137. The molecule has 1 atom stereocenters. The normalized spacial score (nSPS) is 12.3. The number of aliphatic hydroxyl groups is 1. The number of aromatic nitrogens is 1. The summed E-state index contributed by atoms with van der Waals surface area (Å²) in [5.74, 6) is 0.799. The maximum Gasteiger partial charge on any atom is 0.303 e. The Morgan fingerprint density at radius 2 is 1.73 bits per heavy atom. The first-order chi connectivity index (χ1) is 14.2. The molecule has 164 valence electrons. The van der Waals surface area contributed by atoms with E-state index in [4.69, 9.17) is 0 Å². The first-order valence-corrected chi connectivity index (χ1v) is 10.6. The summed E-state index contributed by atoms with van der Waals surface area (Å²) < 4.78 is 0. The number of anilines is 3. The summed E-state index contributed by atoms with van der Waals surface area (Å²) >= 11 is 0. The van der Waals surface area contributed by atoms with Crippen LogP contribution in [0.2, 0.25) is 0 Å². The molecule has 2 rings (SSSR count). The molecule has 0 aliphatic heterocycles. The zero-order chi connectivity index (χ0) is 22.3. The molecule has 3 N–H and O–H groups in total. The van der Waals surface area contributed by atoms with E-state index in [-0.39, 0.29) is 18.9 Å². The van der Waals surface area contributed by atoms with Crippen LogP contribution < -0.4 is 10.2 Å².